The van der Waals surface area contributed by atoms with Gasteiger partial charge in [0.2, 0.25) is 0 Å². The molecule has 1 heterocycles. The van der Waals surface area contributed by atoms with E-state index >= 15 is 0 Å². The summed E-state index contributed by atoms with van der Waals surface area (Å²) < 4.78 is 38.1. The molecule has 0 bridgehead atoms. The predicted molar refractivity (Wildman–Crippen MR) is 109 cm³/mol. The number of nitrogens with zero attached hydrogens (tertiary/aromatic N) is 1. The van der Waals surface area contributed by atoms with E-state index in [1.54, 1.807) is 43.0 Å². The van der Waals surface area contributed by atoms with Gasteiger partial charge >= 0.3 is 0 Å². The molecule has 1 N–H and O–H groups in total. The highest BCUT2D eigenvalue weighted by molar-refractivity contribution is 7.92. The number of halogens is 2. The Labute approximate surface area is 171 Å². The Morgan fingerprint density at radius 1 is 1.18 bits per heavy atom. The van der Waals surface area contributed by atoms with E-state index in [-0.39, 0.29) is 35.1 Å². The zero-order chi connectivity index (χ0) is 19.6. The van der Waals surface area contributed by atoms with Crippen molar-refractivity contribution in [3.8, 4) is 0 Å². The minimum Gasteiger partial charge on any atom is -0.329 e. The fourth-order valence-electron chi connectivity index (χ4n) is 3.18. The van der Waals surface area contributed by atoms with Crippen LogP contribution in [0.1, 0.15) is 35.8 Å². The molecule has 0 aliphatic carbocycles. The predicted octanol–water partition coefficient (Wildman–Crippen LogP) is 3.22. The lowest BCUT2D eigenvalue weighted by Gasteiger charge is -2.36. The van der Waals surface area contributed by atoms with E-state index in [1.165, 1.54) is 24.3 Å². The quantitative estimate of drug-likeness (QED) is 0.815. The number of piperazine rings is 1. The van der Waals surface area contributed by atoms with E-state index in [2.05, 4.69) is 5.32 Å². The summed E-state index contributed by atoms with van der Waals surface area (Å²) in [7, 11) is -3.38. The molecule has 8 heteroatoms. The maximum Gasteiger partial charge on any atom is 0.254 e. The molecular weight excluding hydrogens is 403 g/mol. The summed E-state index contributed by atoms with van der Waals surface area (Å²) >= 11 is 0. The van der Waals surface area contributed by atoms with Crippen molar-refractivity contribution in [2.45, 2.75) is 30.0 Å². The van der Waals surface area contributed by atoms with Gasteiger partial charge in [0.1, 0.15) is 5.82 Å². The molecule has 2 aromatic rings. The number of carbonyl (C=O) groups is 1. The summed E-state index contributed by atoms with van der Waals surface area (Å²) in [6.45, 7) is 4.93. The molecule has 1 saturated heterocycles. The van der Waals surface area contributed by atoms with Gasteiger partial charge in [0, 0.05) is 25.2 Å². The lowest BCUT2D eigenvalue weighted by Crippen LogP contribution is -2.48. The average Bonchev–Trinajstić information content (AvgIpc) is 2.67. The van der Waals surface area contributed by atoms with Crippen LogP contribution in [0, 0.1) is 5.82 Å². The Hall–Kier alpha value is -1.96. The number of amides is 1. The first-order valence-corrected chi connectivity index (χ1v) is 10.5. The Kier molecular flexibility index (Phi) is 7.20. The zero-order valence-corrected chi connectivity index (χ0v) is 17.4. The molecule has 5 nitrogen and oxygen atoms in total. The first-order valence-electron chi connectivity index (χ1n) is 8.92. The van der Waals surface area contributed by atoms with Crippen molar-refractivity contribution in [2.24, 2.45) is 0 Å². The molecular formula is C20H24ClFN2O3S. The van der Waals surface area contributed by atoms with Gasteiger partial charge in [-0.15, -0.1) is 12.4 Å². The largest absolute Gasteiger partial charge is 0.329 e. The van der Waals surface area contributed by atoms with Crippen LogP contribution in [-0.2, 0) is 9.84 Å². The second-order valence-corrected chi connectivity index (χ2v) is 9.40. The summed E-state index contributed by atoms with van der Waals surface area (Å²) in [6, 6.07) is 12.0. The summed E-state index contributed by atoms with van der Waals surface area (Å²) in [5.41, 5.74) is 1.15. The van der Waals surface area contributed by atoms with Crippen LogP contribution in [0.5, 0.6) is 0 Å². The van der Waals surface area contributed by atoms with Crippen molar-refractivity contribution in [2.75, 3.05) is 19.6 Å². The van der Waals surface area contributed by atoms with Crippen molar-refractivity contribution in [1.29, 1.82) is 0 Å². The summed E-state index contributed by atoms with van der Waals surface area (Å²) in [4.78, 5) is 14.9. The summed E-state index contributed by atoms with van der Waals surface area (Å²) in [6.07, 6.45) is 0. The van der Waals surface area contributed by atoms with Gasteiger partial charge in [0.15, 0.2) is 9.84 Å². The van der Waals surface area contributed by atoms with Crippen LogP contribution < -0.4 is 5.32 Å². The number of sulfone groups is 1. The van der Waals surface area contributed by atoms with Gasteiger partial charge in [0.05, 0.1) is 16.2 Å². The van der Waals surface area contributed by atoms with E-state index in [1.807, 2.05) is 0 Å². The molecule has 0 saturated carbocycles. The van der Waals surface area contributed by atoms with Crippen molar-refractivity contribution in [3.63, 3.8) is 0 Å². The summed E-state index contributed by atoms with van der Waals surface area (Å²) in [5, 5.41) is 2.71. The van der Waals surface area contributed by atoms with Crippen LogP contribution in [0.25, 0.3) is 0 Å². The van der Waals surface area contributed by atoms with Crippen LogP contribution in [0.3, 0.4) is 0 Å². The molecule has 1 atom stereocenters. The van der Waals surface area contributed by atoms with Crippen LogP contribution in [-0.4, -0.2) is 44.1 Å². The number of hydrogen-bond donors (Lipinski definition) is 1. The number of rotatable bonds is 4. The Morgan fingerprint density at radius 2 is 1.86 bits per heavy atom. The second-order valence-electron chi connectivity index (χ2n) is 6.89. The van der Waals surface area contributed by atoms with Gasteiger partial charge in [-0.05, 0) is 55.8 Å². The summed E-state index contributed by atoms with van der Waals surface area (Å²) in [5.74, 6) is -0.534. The van der Waals surface area contributed by atoms with E-state index in [4.69, 9.17) is 0 Å². The van der Waals surface area contributed by atoms with E-state index in [0.29, 0.717) is 25.2 Å². The monoisotopic (exact) mass is 426 g/mol. The van der Waals surface area contributed by atoms with E-state index < -0.39 is 15.1 Å². The minimum absolute atomic E-state index is 0. The third-order valence-electron chi connectivity index (χ3n) is 4.79. The van der Waals surface area contributed by atoms with Crippen LogP contribution in [0.15, 0.2) is 53.4 Å². The van der Waals surface area contributed by atoms with Gasteiger partial charge in [-0.25, -0.2) is 12.8 Å². The molecule has 28 heavy (non-hydrogen) atoms. The third-order valence-corrected chi connectivity index (χ3v) is 6.96. The van der Waals surface area contributed by atoms with Gasteiger partial charge in [-0.2, -0.15) is 0 Å². The van der Waals surface area contributed by atoms with Gasteiger partial charge in [-0.1, -0.05) is 12.1 Å². The van der Waals surface area contributed by atoms with Gasteiger partial charge in [0.25, 0.3) is 5.91 Å². The normalized spacial score (nSPS) is 17.3. The lowest BCUT2D eigenvalue weighted by atomic mass is 10.0. The molecule has 1 unspecified atom stereocenters. The van der Waals surface area contributed by atoms with Crippen LogP contribution in [0.4, 0.5) is 4.39 Å². The average molecular weight is 427 g/mol. The van der Waals surface area contributed by atoms with Crippen molar-refractivity contribution in [1.82, 2.24) is 10.2 Å². The highest BCUT2D eigenvalue weighted by Crippen LogP contribution is 2.25. The smallest absolute Gasteiger partial charge is 0.254 e. The second kappa shape index (κ2) is 9.03. The fraction of sp³-hybridized carbons (Fsp3) is 0.350. The Bertz CT molecular complexity index is 933. The number of carbonyl (C=O) groups excluding carboxylic acids is 1. The van der Waals surface area contributed by atoms with Crippen molar-refractivity contribution < 1.29 is 17.6 Å². The molecule has 0 spiro atoms. The maximum absolute atomic E-state index is 13.6. The topological polar surface area (TPSA) is 66.5 Å². The molecule has 1 aliphatic heterocycles. The highest BCUT2D eigenvalue weighted by Gasteiger charge is 2.29. The molecule has 0 aromatic heterocycles. The zero-order valence-electron chi connectivity index (χ0n) is 15.8. The molecule has 0 radical (unpaired) electrons. The van der Waals surface area contributed by atoms with Crippen LogP contribution >= 0.6 is 12.4 Å². The van der Waals surface area contributed by atoms with Gasteiger partial charge < -0.3 is 10.2 Å². The first kappa shape index (κ1) is 22.3. The number of nitrogens with one attached hydrogen (secondary N) is 1. The van der Waals surface area contributed by atoms with E-state index in [9.17, 15) is 17.6 Å². The SMILES string of the molecule is CC(C)S(=O)(=O)c1ccc(C(=O)N2CCNCC2c2cccc(F)c2)cc1.Cl. The molecule has 1 amide bonds. The van der Waals surface area contributed by atoms with E-state index in [0.717, 1.165) is 5.56 Å². The van der Waals surface area contributed by atoms with Gasteiger partial charge in [-0.3, -0.25) is 4.79 Å². The Balaban J connectivity index is 0.00000280. The molecule has 2 aromatic carbocycles. The Morgan fingerprint density at radius 3 is 2.46 bits per heavy atom. The molecule has 1 fully saturated rings. The van der Waals surface area contributed by atoms with Crippen molar-refractivity contribution in [3.05, 3.63) is 65.5 Å². The van der Waals surface area contributed by atoms with Crippen molar-refractivity contribution >= 4 is 28.2 Å². The first-order chi connectivity index (χ1) is 12.8. The standard InChI is InChI=1S/C20H23FN2O3S.ClH/c1-14(2)27(25,26)18-8-6-15(7-9-18)20(24)23-11-10-22-13-19(23)16-4-3-5-17(21)12-16;/h3-9,12,14,19,22H,10-11,13H2,1-2H3;1H. The molecule has 1 aliphatic rings. The number of benzene rings is 2. The maximum atomic E-state index is 13.6. The number of hydrogen-bond acceptors (Lipinski definition) is 4. The fourth-order valence-corrected chi connectivity index (χ4v) is 4.24. The third kappa shape index (κ3) is 4.54. The van der Waals surface area contributed by atoms with Crippen LogP contribution in [0.2, 0.25) is 0 Å². The molecule has 3 rings (SSSR count). The minimum atomic E-state index is -3.38. The lowest BCUT2D eigenvalue weighted by molar-refractivity contribution is 0.0634. The molecule has 152 valence electrons. The highest BCUT2D eigenvalue weighted by atomic mass is 35.5.